The molecule has 2 saturated heterocycles. The molecular formula is C16H30N2O3. The molecule has 0 bridgehead atoms. The second-order valence-corrected chi connectivity index (χ2v) is 6.08. The number of piperidine rings is 1. The molecule has 1 spiro atoms. The van der Waals surface area contributed by atoms with Gasteiger partial charge in [-0.1, -0.05) is 13.8 Å². The van der Waals surface area contributed by atoms with Crippen LogP contribution < -0.4 is 0 Å². The van der Waals surface area contributed by atoms with Crippen LogP contribution in [0, 0.1) is 0 Å². The van der Waals surface area contributed by atoms with Gasteiger partial charge in [-0.15, -0.1) is 0 Å². The Bertz CT molecular complexity index is 313. The third kappa shape index (κ3) is 4.66. The van der Waals surface area contributed by atoms with Crippen LogP contribution in [-0.2, 0) is 14.3 Å². The zero-order valence-corrected chi connectivity index (χ0v) is 13.6. The van der Waals surface area contributed by atoms with E-state index in [0.717, 1.165) is 71.6 Å². The van der Waals surface area contributed by atoms with Crippen molar-refractivity contribution in [3.63, 3.8) is 0 Å². The Hall–Kier alpha value is -0.650. The fourth-order valence-electron chi connectivity index (χ4n) is 3.22. The summed E-state index contributed by atoms with van der Waals surface area (Å²) in [4.78, 5) is 16.6. The Morgan fingerprint density at radius 3 is 2.19 bits per heavy atom. The summed E-state index contributed by atoms with van der Waals surface area (Å²) in [6, 6.07) is 0. The zero-order valence-electron chi connectivity index (χ0n) is 13.6. The smallest absolute Gasteiger partial charge is 0.223 e. The monoisotopic (exact) mass is 298 g/mol. The largest absolute Gasteiger partial charge is 0.347 e. The molecule has 0 unspecified atom stereocenters. The van der Waals surface area contributed by atoms with E-state index in [9.17, 15) is 4.79 Å². The average Bonchev–Trinajstić information content (AvgIpc) is 2.94. The molecule has 2 aliphatic rings. The van der Waals surface area contributed by atoms with Crippen LogP contribution in [0.5, 0.6) is 0 Å². The number of amides is 1. The molecular weight excluding hydrogens is 268 g/mol. The highest BCUT2D eigenvalue weighted by molar-refractivity contribution is 5.76. The lowest BCUT2D eigenvalue weighted by Gasteiger charge is -2.37. The van der Waals surface area contributed by atoms with Gasteiger partial charge in [0, 0.05) is 52.0 Å². The highest BCUT2D eigenvalue weighted by Crippen LogP contribution is 2.31. The lowest BCUT2D eigenvalue weighted by Crippen LogP contribution is -2.46. The molecule has 0 N–H and O–H groups in total. The molecule has 5 heteroatoms. The molecule has 1 amide bonds. The van der Waals surface area contributed by atoms with Crippen molar-refractivity contribution in [3.8, 4) is 0 Å². The van der Waals surface area contributed by atoms with Crippen molar-refractivity contribution in [2.45, 2.75) is 51.7 Å². The first kappa shape index (κ1) is 16.7. The maximum atomic E-state index is 12.3. The highest BCUT2D eigenvalue weighted by atomic mass is 16.7. The van der Waals surface area contributed by atoms with Crippen molar-refractivity contribution in [2.75, 3.05) is 45.9 Å². The van der Waals surface area contributed by atoms with E-state index < -0.39 is 0 Å². The van der Waals surface area contributed by atoms with Gasteiger partial charge in [-0.05, 0) is 12.8 Å². The fraction of sp³-hybridized carbons (Fsp3) is 0.938. The molecule has 2 aliphatic heterocycles. The first-order chi connectivity index (χ1) is 10.2. The summed E-state index contributed by atoms with van der Waals surface area (Å²) in [5.41, 5.74) is 0. The molecule has 122 valence electrons. The van der Waals surface area contributed by atoms with E-state index in [1.807, 2.05) is 4.90 Å². The van der Waals surface area contributed by atoms with Crippen LogP contribution in [0.4, 0.5) is 0 Å². The number of hydrogen-bond acceptors (Lipinski definition) is 4. The van der Waals surface area contributed by atoms with Gasteiger partial charge in [-0.3, -0.25) is 4.79 Å². The Morgan fingerprint density at radius 1 is 1.10 bits per heavy atom. The van der Waals surface area contributed by atoms with Gasteiger partial charge in [0.05, 0.1) is 13.2 Å². The average molecular weight is 298 g/mol. The summed E-state index contributed by atoms with van der Waals surface area (Å²) in [7, 11) is 0. The molecule has 0 atom stereocenters. The first-order valence-electron chi connectivity index (χ1n) is 8.47. The topological polar surface area (TPSA) is 42.0 Å². The van der Waals surface area contributed by atoms with Crippen LogP contribution in [0.15, 0.2) is 0 Å². The number of nitrogens with zero attached hydrogens (tertiary/aromatic N) is 2. The van der Waals surface area contributed by atoms with Crippen molar-refractivity contribution in [3.05, 3.63) is 0 Å². The number of ether oxygens (including phenoxy) is 2. The minimum absolute atomic E-state index is 0.298. The van der Waals surface area contributed by atoms with E-state index in [2.05, 4.69) is 18.7 Å². The van der Waals surface area contributed by atoms with Crippen LogP contribution in [0.1, 0.15) is 46.0 Å². The van der Waals surface area contributed by atoms with Crippen molar-refractivity contribution < 1.29 is 14.3 Å². The molecule has 2 heterocycles. The molecule has 2 rings (SSSR count). The number of rotatable bonds is 7. The van der Waals surface area contributed by atoms with Crippen molar-refractivity contribution in [1.82, 2.24) is 9.80 Å². The second-order valence-electron chi connectivity index (χ2n) is 6.08. The van der Waals surface area contributed by atoms with Crippen LogP contribution >= 0.6 is 0 Å². The number of carbonyl (C=O) groups excluding carboxylic acids is 1. The minimum atomic E-state index is -0.309. The van der Waals surface area contributed by atoms with Gasteiger partial charge in [0.15, 0.2) is 5.79 Å². The summed E-state index contributed by atoms with van der Waals surface area (Å²) in [5.74, 6) is -0.0101. The third-order valence-electron chi connectivity index (χ3n) is 4.41. The van der Waals surface area contributed by atoms with Crippen molar-refractivity contribution >= 4 is 5.91 Å². The molecule has 2 fully saturated rings. The Balaban J connectivity index is 1.69. The predicted molar refractivity (Wildman–Crippen MR) is 82.1 cm³/mol. The Morgan fingerprint density at radius 2 is 1.67 bits per heavy atom. The summed E-state index contributed by atoms with van der Waals surface area (Å²) in [6.45, 7) is 10.3. The maximum Gasteiger partial charge on any atom is 0.223 e. The van der Waals surface area contributed by atoms with E-state index >= 15 is 0 Å². The normalized spacial score (nSPS) is 21.8. The van der Waals surface area contributed by atoms with Crippen molar-refractivity contribution in [2.24, 2.45) is 0 Å². The van der Waals surface area contributed by atoms with E-state index in [-0.39, 0.29) is 5.79 Å². The van der Waals surface area contributed by atoms with Gasteiger partial charge >= 0.3 is 0 Å². The van der Waals surface area contributed by atoms with Crippen LogP contribution in [0.2, 0.25) is 0 Å². The first-order valence-corrected chi connectivity index (χ1v) is 8.47. The summed E-state index contributed by atoms with van der Waals surface area (Å²) in [5, 5.41) is 0. The van der Waals surface area contributed by atoms with Gasteiger partial charge in [0.25, 0.3) is 0 Å². The van der Waals surface area contributed by atoms with Gasteiger partial charge < -0.3 is 19.3 Å². The summed E-state index contributed by atoms with van der Waals surface area (Å²) >= 11 is 0. The van der Waals surface area contributed by atoms with Gasteiger partial charge in [0.1, 0.15) is 0 Å². The third-order valence-corrected chi connectivity index (χ3v) is 4.41. The molecule has 0 aromatic rings. The Kier molecular flexibility index (Phi) is 6.45. The zero-order chi connectivity index (χ0) is 15.1. The number of hydrogen-bond donors (Lipinski definition) is 0. The molecule has 0 aliphatic carbocycles. The predicted octanol–water partition coefficient (Wildman–Crippen LogP) is 1.86. The number of carbonyl (C=O) groups is 1. The van der Waals surface area contributed by atoms with Gasteiger partial charge in [-0.2, -0.15) is 0 Å². The van der Waals surface area contributed by atoms with Crippen LogP contribution in [0.3, 0.4) is 0 Å². The van der Waals surface area contributed by atoms with E-state index in [1.54, 1.807) is 0 Å². The van der Waals surface area contributed by atoms with Crippen LogP contribution in [-0.4, -0.2) is 67.4 Å². The highest BCUT2D eigenvalue weighted by Gasteiger charge is 2.39. The molecule has 21 heavy (non-hydrogen) atoms. The molecule has 5 nitrogen and oxygen atoms in total. The van der Waals surface area contributed by atoms with E-state index in [4.69, 9.17) is 9.47 Å². The lowest BCUT2D eigenvalue weighted by atomic mass is 10.0. The van der Waals surface area contributed by atoms with E-state index in [0.29, 0.717) is 12.3 Å². The lowest BCUT2D eigenvalue weighted by molar-refractivity contribution is -0.185. The maximum absolute atomic E-state index is 12.3. The second kappa shape index (κ2) is 8.11. The molecule has 0 radical (unpaired) electrons. The van der Waals surface area contributed by atoms with Crippen LogP contribution in [0.25, 0.3) is 0 Å². The van der Waals surface area contributed by atoms with Gasteiger partial charge in [0.2, 0.25) is 5.91 Å². The van der Waals surface area contributed by atoms with Gasteiger partial charge in [-0.25, -0.2) is 0 Å². The fourth-order valence-corrected chi connectivity index (χ4v) is 3.22. The van der Waals surface area contributed by atoms with Crippen molar-refractivity contribution in [1.29, 1.82) is 0 Å². The SMILES string of the molecule is CCCN(CCC)C(=O)CCN1CCC2(CC1)OCCO2. The standard InChI is InChI=1S/C16H30N2O3/c1-3-8-18(9-4-2)15(19)5-10-17-11-6-16(7-12-17)20-13-14-21-16/h3-14H2,1-2H3. The summed E-state index contributed by atoms with van der Waals surface area (Å²) < 4.78 is 11.5. The summed E-state index contributed by atoms with van der Waals surface area (Å²) in [6.07, 6.45) is 4.55. The van der Waals surface area contributed by atoms with E-state index in [1.165, 1.54) is 0 Å². The number of likely N-dealkylation sites (tertiary alicyclic amines) is 1. The minimum Gasteiger partial charge on any atom is -0.347 e. The Labute approximate surface area is 128 Å². The quantitative estimate of drug-likeness (QED) is 0.719. The molecule has 0 aromatic heterocycles. The molecule has 0 saturated carbocycles. The molecule has 0 aromatic carbocycles.